The summed E-state index contributed by atoms with van der Waals surface area (Å²) < 4.78 is 23.7. The highest BCUT2D eigenvalue weighted by Crippen LogP contribution is 2.28. The van der Waals surface area contributed by atoms with Crippen LogP contribution in [0.5, 0.6) is 0 Å². The van der Waals surface area contributed by atoms with Crippen molar-refractivity contribution in [2.75, 3.05) is 25.6 Å². The molecule has 1 aromatic rings. The van der Waals surface area contributed by atoms with Crippen molar-refractivity contribution in [3.63, 3.8) is 0 Å². The maximum Gasteiger partial charge on any atom is 0.331 e. The molecule has 1 aliphatic rings. The van der Waals surface area contributed by atoms with Gasteiger partial charge in [-0.05, 0) is 12.1 Å². The Hall–Kier alpha value is -1.62. The number of nitrogens with one attached hydrogen (secondary N) is 1. The van der Waals surface area contributed by atoms with Gasteiger partial charge in [0.1, 0.15) is 11.4 Å². The topological polar surface area (TPSA) is 47.6 Å². The zero-order valence-electron chi connectivity index (χ0n) is 10.2. The minimum Gasteiger partial charge on any atom is -0.467 e. The van der Waals surface area contributed by atoms with E-state index in [1.165, 1.54) is 13.2 Å². The number of para-hydroxylation sites is 1. The molecule has 2 rings (SSSR count). The lowest BCUT2D eigenvalue weighted by molar-refractivity contribution is -0.149. The van der Waals surface area contributed by atoms with Crippen LogP contribution in [0.2, 0.25) is 0 Å². The number of hydrogen-bond donors (Lipinski definition) is 1. The zero-order chi connectivity index (χ0) is 13.0. The van der Waals surface area contributed by atoms with E-state index in [1.54, 1.807) is 18.2 Å². The van der Waals surface area contributed by atoms with E-state index in [1.807, 2.05) is 0 Å². The summed E-state index contributed by atoms with van der Waals surface area (Å²) in [5.41, 5.74) is -0.584. The second-order valence-electron chi connectivity index (χ2n) is 4.29. The number of rotatable bonds is 3. The van der Waals surface area contributed by atoms with E-state index in [2.05, 4.69) is 5.32 Å². The average Bonchev–Trinajstić information content (AvgIpc) is 2.41. The molecule has 0 unspecified atom stereocenters. The maximum atomic E-state index is 13.6. The standard InChI is InChI=1S/C13H16FNO3/c1-17-12(16)13(6-8-18-9-7-13)15-11-5-3-2-4-10(11)14/h2-5,15H,6-9H2,1H3. The van der Waals surface area contributed by atoms with E-state index in [0.717, 1.165) is 0 Å². The minimum absolute atomic E-state index is 0.310. The van der Waals surface area contributed by atoms with Crippen molar-refractivity contribution < 1.29 is 18.7 Å². The molecule has 0 amide bonds. The molecule has 18 heavy (non-hydrogen) atoms. The fourth-order valence-corrected chi connectivity index (χ4v) is 2.12. The van der Waals surface area contributed by atoms with E-state index in [4.69, 9.17) is 9.47 Å². The predicted octanol–water partition coefficient (Wildman–Crippen LogP) is 1.96. The van der Waals surface area contributed by atoms with Gasteiger partial charge >= 0.3 is 5.97 Å². The van der Waals surface area contributed by atoms with Crippen LogP contribution in [-0.2, 0) is 14.3 Å². The average molecular weight is 253 g/mol. The third-order valence-electron chi connectivity index (χ3n) is 3.17. The monoisotopic (exact) mass is 253 g/mol. The number of anilines is 1. The van der Waals surface area contributed by atoms with Gasteiger partial charge in [-0.1, -0.05) is 12.1 Å². The van der Waals surface area contributed by atoms with E-state index in [9.17, 15) is 9.18 Å². The summed E-state index contributed by atoms with van der Waals surface area (Å²) in [4.78, 5) is 11.9. The summed E-state index contributed by atoms with van der Waals surface area (Å²) in [7, 11) is 1.34. The number of carbonyl (C=O) groups excluding carboxylic acids is 1. The number of esters is 1. The number of methoxy groups -OCH3 is 1. The van der Waals surface area contributed by atoms with Crippen LogP contribution in [0.15, 0.2) is 24.3 Å². The van der Waals surface area contributed by atoms with Crippen molar-refractivity contribution in [2.24, 2.45) is 0 Å². The highest BCUT2D eigenvalue weighted by atomic mass is 19.1. The van der Waals surface area contributed by atoms with E-state index < -0.39 is 5.54 Å². The molecule has 0 aliphatic carbocycles. The Labute approximate surface area is 105 Å². The van der Waals surface area contributed by atoms with Crippen LogP contribution < -0.4 is 5.32 Å². The Balaban J connectivity index is 2.25. The van der Waals surface area contributed by atoms with Gasteiger partial charge in [-0.15, -0.1) is 0 Å². The molecule has 0 bridgehead atoms. The molecule has 1 fully saturated rings. The lowest BCUT2D eigenvalue weighted by Gasteiger charge is -2.36. The molecular weight excluding hydrogens is 237 g/mol. The molecule has 1 N–H and O–H groups in total. The van der Waals surface area contributed by atoms with Crippen molar-refractivity contribution in [3.05, 3.63) is 30.1 Å². The molecule has 5 heteroatoms. The van der Waals surface area contributed by atoms with Gasteiger partial charge in [-0.3, -0.25) is 0 Å². The normalized spacial score (nSPS) is 18.1. The molecule has 4 nitrogen and oxygen atoms in total. The van der Waals surface area contributed by atoms with Crippen molar-refractivity contribution in [1.29, 1.82) is 0 Å². The summed E-state index contributed by atoms with van der Waals surface area (Å²) in [6.07, 6.45) is 0.933. The molecule has 0 spiro atoms. The Bertz CT molecular complexity index is 430. The summed E-state index contributed by atoms with van der Waals surface area (Å²) in [5, 5.41) is 2.98. The van der Waals surface area contributed by atoms with Gasteiger partial charge in [-0.25, -0.2) is 9.18 Å². The van der Waals surface area contributed by atoms with E-state index in [0.29, 0.717) is 31.7 Å². The Morgan fingerprint density at radius 2 is 2.06 bits per heavy atom. The largest absolute Gasteiger partial charge is 0.467 e. The van der Waals surface area contributed by atoms with Crippen molar-refractivity contribution in [1.82, 2.24) is 0 Å². The summed E-state index contributed by atoms with van der Waals surface area (Å²) >= 11 is 0. The van der Waals surface area contributed by atoms with Crippen LogP contribution in [0.25, 0.3) is 0 Å². The number of ether oxygens (including phenoxy) is 2. The molecule has 0 aromatic heterocycles. The fourth-order valence-electron chi connectivity index (χ4n) is 2.12. The first kappa shape index (κ1) is 12.8. The SMILES string of the molecule is COC(=O)C1(Nc2ccccc2F)CCOCC1. The molecule has 0 atom stereocenters. The smallest absolute Gasteiger partial charge is 0.331 e. The second kappa shape index (κ2) is 5.35. The quantitative estimate of drug-likeness (QED) is 0.836. The van der Waals surface area contributed by atoms with E-state index in [-0.39, 0.29) is 11.8 Å². The Morgan fingerprint density at radius 3 is 2.67 bits per heavy atom. The number of hydrogen-bond acceptors (Lipinski definition) is 4. The molecule has 1 saturated heterocycles. The maximum absolute atomic E-state index is 13.6. The zero-order valence-corrected chi connectivity index (χ0v) is 10.2. The number of halogens is 1. The highest BCUT2D eigenvalue weighted by molar-refractivity contribution is 5.84. The van der Waals surface area contributed by atoms with Crippen molar-refractivity contribution >= 4 is 11.7 Å². The number of benzene rings is 1. The molecule has 1 aliphatic heterocycles. The van der Waals surface area contributed by atoms with Gasteiger partial charge in [0.2, 0.25) is 0 Å². The third-order valence-corrected chi connectivity index (χ3v) is 3.17. The van der Waals surface area contributed by atoms with Crippen LogP contribution in [0.4, 0.5) is 10.1 Å². The minimum atomic E-state index is -0.894. The van der Waals surface area contributed by atoms with Gasteiger partial charge in [-0.2, -0.15) is 0 Å². The van der Waals surface area contributed by atoms with Gasteiger partial charge in [0.25, 0.3) is 0 Å². The molecule has 0 radical (unpaired) electrons. The Morgan fingerprint density at radius 1 is 1.39 bits per heavy atom. The lowest BCUT2D eigenvalue weighted by atomic mass is 9.89. The van der Waals surface area contributed by atoms with Crippen LogP contribution in [0.3, 0.4) is 0 Å². The molecule has 0 saturated carbocycles. The first-order valence-electron chi connectivity index (χ1n) is 5.87. The van der Waals surface area contributed by atoms with Crippen molar-refractivity contribution in [3.8, 4) is 0 Å². The van der Waals surface area contributed by atoms with E-state index >= 15 is 0 Å². The van der Waals surface area contributed by atoms with Crippen molar-refractivity contribution in [2.45, 2.75) is 18.4 Å². The van der Waals surface area contributed by atoms with Gasteiger partial charge in [0, 0.05) is 26.1 Å². The van der Waals surface area contributed by atoms with Crippen LogP contribution in [0, 0.1) is 5.82 Å². The first-order chi connectivity index (χ1) is 8.68. The van der Waals surface area contributed by atoms with Crippen LogP contribution >= 0.6 is 0 Å². The summed E-state index contributed by atoms with van der Waals surface area (Å²) in [6.45, 7) is 0.910. The number of carbonyl (C=O) groups is 1. The third kappa shape index (κ3) is 2.46. The lowest BCUT2D eigenvalue weighted by Crippen LogP contribution is -2.51. The summed E-state index contributed by atoms with van der Waals surface area (Å²) in [5.74, 6) is -0.763. The Kier molecular flexibility index (Phi) is 3.81. The van der Waals surface area contributed by atoms with Gasteiger partial charge < -0.3 is 14.8 Å². The first-order valence-corrected chi connectivity index (χ1v) is 5.87. The fraction of sp³-hybridized carbons (Fsp3) is 0.462. The molecule has 98 valence electrons. The van der Waals surface area contributed by atoms with Gasteiger partial charge in [0.05, 0.1) is 12.8 Å². The molecule has 1 aromatic carbocycles. The van der Waals surface area contributed by atoms with Gasteiger partial charge in [0.15, 0.2) is 0 Å². The summed E-state index contributed by atoms with van der Waals surface area (Å²) in [6, 6.07) is 6.28. The molecular formula is C13H16FNO3. The predicted molar refractivity (Wildman–Crippen MR) is 64.8 cm³/mol. The molecule has 1 heterocycles. The van der Waals surface area contributed by atoms with Crippen LogP contribution in [-0.4, -0.2) is 31.8 Å². The highest BCUT2D eigenvalue weighted by Gasteiger charge is 2.41. The second-order valence-corrected chi connectivity index (χ2v) is 4.29. The van der Waals surface area contributed by atoms with Crippen LogP contribution in [0.1, 0.15) is 12.8 Å².